The van der Waals surface area contributed by atoms with Crippen LogP contribution in [0, 0.1) is 0 Å². The molecule has 0 fully saturated rings. The van der Waals surface area contributed by atoms with Crippen LogP contribution >= 0.6 is 0 Å². The van der Waals surface area contributed by atoms with Gasteiger partial charge in [-0.15, -0.1) is 0 Å². The van der Waals surface area contributed by atoms with E-state index in [0.29, 0.717) is 18.7 Å². The molecule has 6 nitrogen and oxygen atoms in total. The zero-order valence-corrected chi connectivity index (χ0v) is 21.5. The molecule has 0 unspecified atom stereocenters. The summed E-state index contributed by atoms with van der Waals surface area (Å²) < 4.78 is 11.0. The zero-order chi connectivity index (χ0) is 25.6. The monoisotopic (exact) mass is 495 g/mol. The predicted octanol–water partition coefficient (Wildman–Crippen LogP) is 5.34. The molecule has 1 aromatic heterocycles. The molecule has 4 aromatic rings. The van der Waals surface area contributed by atoms with Crippen molar-refractivity contribution < 1.29 is 14.3 Å². The number of fused-ring (bicyclic) bond motifs is 2. The lowest BCUT2D eigenvalue weighted by atomic mass is 9.98. The van der Waals surface area contributed by atoms with Crippen molar-refractivity contribution in [3.05, 3.63) is 101 Å². The minimum atomic E-state index is 0.0166. The van der Waals surface area contributed by atoms with Crippen LogP contribution in [0.3, 0.4) is 0 Å². The average molecular weight is 496 g/mol. The summed E-state index contributed by atoms with van der Waals surface area (Å²) in [7, 11) is 3.35. The number of para-hydroxylation sites is 1. The highest BCUT2D eigenvalue weighted by Crippen LogP contribution is 2.33. The van der Waals surface area contributed by atoms with Gasteiger partial charge in [-0.25, -0.2) is 0 Å². The number of carbonyl (C=O) groups is 1. The number of hydrogen-bond acceptors (Lipinski definition) is 5. The zero-order valence-electron chi connectivity index (χ0n) is 21.5. The number of nitrogens with zero attached hydrogens (tertiary/aromatic N) is 3. The van der Waals surface area contributed by atoms with Crippen molar-refractivity contribution in [1.29, 1.82) is 0 Å². The Hall–Kier alpha value is -3.90. The fourth-order valence-corrected chi connectivity index (χ4v) is 5.04. The summed E-state index contributed by atoms with van der Waals surface area (Å²) in [5.41, 5.74) is 5.25. The van der Waals surface area contributed by atoms with Gasteiger partial charge < -0.3 is 14.4 Å². The number of carbonyl (C=O) groups excluding carboxylic acids is 1. The third kappa shape index (κ3) is 5.75. The molecule has 37 heavy (non-hydrogen) atoms. The normalized spacial score (nSPS) is 13.2. The van der Waals surface area contributed by atoms with E-state index in [1.165, 1.54) is 11.1 Å². The lowest BCUT2D eigenvalue weighted by Crippen LogP contribution is -2.36. The van der Waals surface area contributed by atoms with Crippen molar-refractivity contribution in [3.63, 3.8) is 0 Å². The number of hydrogen-bond donors (Lipinski definition) is 0. The van der Waals surface area contributed by atoms with Crippen LogP contribution in [0.15, 0.2) is 79.0 Å². The van der Waals surface area contributed by atoms with Gasteiger partial charge in [0, 0.05) is 44.3 Å². The quantitative estimate of drug-likeness (QED) is 0.314. The highest BCUT2D eigenvalue weighted by molar-refractivity contribution is 5.97. The van der Waals surface area contributed by atoms with Gasteiger partial charge in [-0.1, -0.05) is 48.5 Å². The number of pyridine rings is 1. The average Bonchev–Trinajstić information content (AvgIpc) is 2.95. The summed E-state index contributed by atoms with van der Waals surface area (Å²) in [4.78, 5) is 22.5. The SMILES string of the molecule is COc1cc2c(cc1OC)CN(CCCN(Cc1ccccc1)C(=O)c1cnc3ccccc3c1)CC2. The molecule has 0 saturated carbocycles. The summed E-state index contributed by atoms with van der Waals surface area (Å²) in [6, 6.07) is 24.2. The van der Waals surface area contributed by atoms with Crippen LogP contribution in [0.4, 0.5) is 0 Å². The molecule has 0 saturated heterocycles. The van der Waals surface area contributed by atoms with Crippen LogP contribution in [0.5, 0.6) is 11.5 Å². The Kier molecular flexibility index (Phi) is 7.66. The molecule has 1 aliphatic heterocycles. The summed E-state index contributed by atoms with van der Waals surface area (Å²) in [5.74, 6) is 1.57. The van der Waals surface area contributed by atoms with Crippen molar-refractivity contribution in [3.8, 4) is 11.5 Å². The molecular formula is C31H33N3O3. The number of rotatable bonds is 9. The minimum Gasteiger partial charge on any atom is -0.493 e. The second-order valence-corrected chi connectivity index (χ2v) is 9.48. The molecule has 1 amide bonds. The van der Waals surface area contributed by atoms with E-state index >= 15 is 0 Å². The number of amides is 1. The van der Waals surface area contributed by atoms with Crippen LogP contribution in [-0.4, -0.2) is 54.5 Å². The molecule has 0 bridgehead atoms. The number of benzene rings is 3. The second kappa shape index (κ2) is 11.4. The van der Waals surface area contributed by atoms with Gasteiger partial charge >= 0.3 is 0 Å². The second-order valence-electron chi connectivity index (χ2n) is 9.48. The minimum absolute atomic E-state index is 0.0166. The molecule has 0 spiro atoms. The smallest absolute Gasteiger partial charge is 0.255 e. The molecule has 0 atom stereocenters. The van der Waals surface area contributed by atoms with E-state index in [0.717, 1.165) is 60.4 Å². The van der Waals surface area contributed by atoms with Crippen molar-refractivity contribution >= 4 is 16.8 Å². The lowest BCUT2D eigenvalue weighted by Gasteiger charge is -2.30. The summed E-state index contributed by atoms with van der Waals surface area (Å²) in [6.45, 7) is 4.03. The first-order chi connectivity index (χ1) is 18.1. The van der Waals surface area contributed by atoms with E-state index in [9.17, 15) is 4.79 Å². The lowest BCUT2D eigenvalue weighted by molar-refractivity contribution is 0.0733. The molecule has 0 radical (unpaired) electrons. The van der Waals surface area contributed by atoms with E-state index < -0.39 is 0 Å². The highest BCUT2D eigenvalue weighted by Gasteiger charge is 2.21. The van der Waals surface area contributed by atoms with Crippen LogP contribution in [0.1, 0.15) is 33.5 Å². The molecular weight excluding hydrogens is 462 g/mol. The van der Waals surface area contributed by atoms with E-state index in [1.807, 2.05) is 53.4 Å². The van der Waals surface area contributed by atoms with Gasteiger partial charge in [0.15, 0.2) is 11.5 Å². The van der Waals surface area contributed by atoms with Crippen molar-refractivity contribution in [2.75, 3.05) is 33.9 Å². The first-order valence-electron chi connectivity index (χ1n) is 12.8. The van der Waals surface area contributed by atoms with Gasteiger partial charge in [0.1, 0.15) is 0 Å². The van der Waals surface area contributed by atoms with Crippen LogP contribution < -0.4 is 9.47 Å². The van der Waals surface area contributed by atoms with Gasteiger partial charge in [-0.05, 0) is 53.8 Å². The summed E-state index contributed by atoms with van der Waals surface area (Å²) in [6.07, 6.45) is 3.57. The highest BCUT2D eigenvalue weighted by atomic mass is 16.5. The van der Waals surface area contributed by atoms with Crippen molar-refractivity contribution in [2.45, 2.75) is 25.9 Å². The maximum absolute atomic E-state index is 13.6. The van der Waals surface area contributed by atoms with E-state index in [2.05, 4.69) is 34.1 Å². The van der Waals surface area contributed by atoms with Crippen LogP contribution in [-0.2, 0) is 19.5 Å². The Bertz CT molecular complexity index is 1370. The Morgan fingerprint density at radius 3 is 2.46 bits per heavy atom. The van der Waals surface area contributed by atoms with Crippen LogP contribution in [0.2, 0.25) is 0 Å². The predicted molar refractivity (Wildman–Crippen MR) is 146 cm³/mol. The van der Waals surface area contributed by atoms with Gasteiger partial charge in [0.05, 0.1) is 25.3 Å². The van der Waals surface area contributed by atoms with Gasteiger partial charge in [0.25, 0.3) is 5.91 Å². The third-order valence-electron chi connectivity index (χ3n) is 7.04. The molecule has 1 aliphatic rings. The largest absolute Gasteiger partial charge is 0.493 e. The molecule has 6 heteroatoms. The maximum atomic E-state index is 13.6. The Balaban J connectivity index is 1.27. The molecule has 0 N–H and O–H groups in total. The van der Waals surface area contributed by atoms with E-state index in [-0.39, 0.29) is 5.91 Å². The molecule has 0 aliphatic carbocycles. The van der Waals surface area contributed by atoms with Crippen LogP contribution in [0.25, 0.3) is 10.9 Å². The summed E-state index contributed by atoms with van der Waals surface area (Å²) in [5, 5.41) is 0.979. The van der Waals surface area contributed by atoms with Crippen molar-refractivity contribution in [1.82, 2.24) is 14.8 Å². The molecule has 2 heterocycles. The van der Waals surface area contributed by atoms with Crippen molar-refractivity contribution in [2.24, 2.45) is 0 Å². The van der Waals surface area contributed by atoms with E-state index in [4.69, 9.17) is 9.47 Å². The summed E-state index contributed by atoms with van der Waals surface area (Å²) >= 11 is 0. The van der Waals surface area contributed by atoms with Gasteiger partial charge in [-0.3, -0.25) is 14.7 Å². The Labute approximate surface area is 218 Å². The third-order valence-corrected chi connectivity index (χ3v) is 7.04. The van der Waals surface area contributed by atoms with Gasteiger partial charge in [-0.2, -0.15) is 0 Å². The number of aromatic nitrogens is 1. The van der Waals surface area contributed by atoms with E-state index in [1.54, 1.807) is 20.4 Å². The maximum Gasteiger partial charge on any atom is 0.255 e. The standard InChI is InChI=1S/C31H33N3O3/c1-36-29-18-24-13-16-33(22-27(24)19-30(29)37-2)14-8-15-34(21-23-9-4-3-5-10-23)31(35)26-17-25-11-6-7-12-28(25)32-20-26/h3-7,9-12,17-20H,8,13-16,21-22H2,1-2H3. The first-order valence-corrected chi connectivity index (χ1v) is 12.8. The molecule has 3 aromatic carbocycles. The Morgan fingerprint density at radius 2 is 1.68 bits per heavy atom. The molecule has 5 rings (SSSR count). The fourth-order valence-electron chi connectivity index (χ4n) is 5.04. The topological polar surface area (TPSA) is 54.9 Å². The number of methoxy groups -OCH3 is 2. The van der Waals surface area contributed by atoms with Gasteiger partial charge in [0.2, 0.25) is 0 Å². The number of ether oxygens (including phenoxy) is 2. The molecule has 190 valence electrons. The first kappa shape index (κ1) is 24.8. The fraction of sp³-hybridized carbons (Fsp3) is 0.290. The Morgan fingerprint density at radius 1 is 0.946 bits per heavy atom.